The number of hydrogen-bond donors (Lipinski definition) is 1. The lowest BCUT2D eigenvalue weighted by Crippen LogP contribution is -2.00. The Morgan fingerprint density at radius 1 is 1.20 bits per heavy atom. The second-order valence-electron chi connectivity index (χ2n) is 3.93. The molecule has 0 amide bonds. The first-order valence-corrected chi connectivity index (χ1v) is 6.02. The van der Waals surface area contributed by atoms with Gasteiger partial charge in [-0.15, -0.1) is 0 Å². The van der Waals surface area contributed by atoms with Crippen LogP contribution in [0.4, 0.5) is 0 Å². The van der Waals surface area contributed by atoms with Crippen molar-refractivity contribution in [1.29, 1.82) is 0 Å². The van der Waals surface area contributed by atoms with Gasteiger partial charge in [-0.3, -0.25) is 0 Å². The van der Waals surface area contributed by atoms with Gasteiger partial charge in [-0.05, 0) is 19.3 Å². The van der Waals surface area contributed by atoms with Gasteiger partial charge < -0.3 is 5.11 Å². The Hall–Kier alpha value is -0.990. The average molecular weight is 210 g/mol. The van der Waals surface area contributed by atoms with Crippen molar-refractivity contribution < 1.29 is 5.11 Å². The molecule has 86 valence electrons. The zero-order chi connectivity index (χ0) is 11.3. The largest absolute Gasteiger partial charge is 0.493 e. The van der Waals surface area contributed by atoms with E-state index in [2.05, 4.69) is 25.9 Å². The highest BCUT2D eigenvalue weighted by molar-refractivity contribution is 5.30. The van der Waals surface area contributed by atoms with Gasteiger partial charge >= 0.3 is 0 Å². The Labute approximate surface area is 92.1 Å². The summed E-state index contributed by atoms with van der Waals surface area (Å²) >= 11 is 0. The summed E-state index contributed by atoms with van der Waals surface area (Å²) in [5.41, 5.74) is 2.11. The van der Waals surface area contributed by atoms with Gasteiger partial charge in [-0.25, -0.2) is 4.68 Å². The van der Waals surface area contributed by atoms with Gasteiger partial charge in [-0.1, -0.05) is 33.6 Å². The van der Waals surface area contributed by atoms with Crippen LogP contribution in [0.2, 0.25) is 0 Å². The van der Waals surface area contributed by atoms with Gasteiger partial charge in [0.2, 0.25) is 5.88 Å². The molecule has 0 aromatic carbocycles. The lowest BCUT2D eigenvalue weighted by atomic mass is 10.1. The fraction of sp³-hybridized carbons (Fsp3) is 0.750. The molecule has 0 bridgehead atoms. The van der Waals surface area contributed by atoms with Crippen LogP contribution in [0.15, 0.2) is 0 Å². The SMILES string of the molecule is CCCCn1nc(CCC)c(CC)c1O. The van der Waals surface area contributed by atoms with Crippen LogP contribution in [-0.2, 0) is 19.4 Å². The quantitative estimate of drug-likeness (QED) is 0.784. The smallest absolute Gasteiger partial charge is 0.212 e. The van der Waals surface area contributed by atoms with Gasteiger partial charge in [-0.2, -0.15) is 5.10 Å². The van der Waals surface area contributed by atoms with Crippen molar-refractivity contribution in [1.82, 2.24) is 9.78 Å². The summed E-state index contributed by atoms with van der Waals surface area (Å²) in [4.78, 5) is 0. The first kappa shape index (κ1) is 12.1. The first-order valence-electron chi connectivity index (χ1n) is 6.02. The van der Waals surface area contributed by atoms with Crippen LogP contribution in [0.25, 0.3) is 0 Å². The maximum absolute atomic E-state index is 9.96. The molecule has 0 saturated carbocycles. The molecule has 1 aromatic rings. The van der Waals surface area contributed by atoms with Crippen molar-refractivity contribution in [2.45, 2.75) is 59.4 Å². The van der Waals surface area contributed by atoms with Crippen molar-refractivity contribution in [3.63, 3.8) is 0 Å². The Kier molecular flexibility index (Phi) is 4.66. The molecule has 3 nitrogen and oxygen atoms in total. The van der Waals surface area contributed by atoms with E-state index in [4.69, 9.17) is 0 Å². The molecule has 0 saturated heterocycles. The number of nitrogens with zero attached hydrogens (tertiary/aromatic N) is 2. The molecule has 1 heterocycles. The van der Waals surface area contributed by atoms with E-state index in [0.717, 1.165) is 49.9 Å². The molecule has 15 heavy (non-hydrogen) atoms. The summed E-state index contributed by atoms with van der Waals surface area (Å²) in [6, 6.07) is 0. The molecule has 1 aromatic heterocycles. The second-order valence-corrected chi connectivity index (χ2v) is 3.93. The van der Waals surface area contributed by atoms with E-state index in [1.54, 1.807) is 4.68 Å². The fourth-order valence-electron chi connectivity index (χ4n) is 1.80. The minimum Gasteiger partial charge on any atom is -0.493 e. The normalized spacial score (nSPS) is 10.9. The highest BCUT2D eigenvalue weighted by atomic mass is 16.3. The molecule has 1 rings (SSSR count). The maximum Gasteiger partial charge on any atom is 0.212 e. The zero-order valence-electron chi connectivity index (χ0n) is 10.1. The molecule has 0 spiro atoms. The van der Waals surface area contributed by atoms with Crippen LogP contribution in [0.5, 0.6) is 5.88 Å². The highest BCUT2D eigenvalue weighted by Crippen LogP contribution is 2.23. The van der Waals surface area contributed by atoms with Crippen LogP contribution in [-0.4, -0.2) is 14.9 Å². The van der Waals surface area contributed by atoms with Gasteiger partial charge in [0.25, 0.3) is 0 Å². The Bertz CT molecular complexity index is 305. The lowest BCUT2D eigenvalue weighted by molar-refractivity contribution is 0.389. The number of aromatic hydroxyl groups is 1. The number of hydrogen-bond acceptors (Lipinski definition) is 2. The summed E-state index contributed by atoms with van der Waals surface area (Å²) < 4.78 is 1.76. The molecule has 3 heteroatoms. The monoisotopic (exact) mass is 210 g/mol. The zero-order valence-corrected chi connectivity index (χ0v) is 10.1. The lowest BCUT2D eigenvalue weighted by Gasteiger charge is -2.01. The third-order valence-electron chi connectivity index (χ3n) is 2.67. The van der Waals surface area contributed by atoms with Crippen LogP contribution in [0, 0.1) is 0 Å². The summed E-state index contributed by atoms with van der Waals surface area (Å²) in [6.45, 7) is 7.19. The van der Waals surface area contributed by atoms with Crippen LogP contribution < -0.4 is 0 Å². The molecule has 0 radical (unpaired) electrons. The van der Waals surface area contributed by atoms with Gasteiger partial charge in [0.05, 0.1) is 5.69 Å². The predicted molar refractivity (Wildman–Crippen MR) is 62.2 cm³/mol. The Balaban J connectivity index is 2.87. The number of unbranched alkanes of at least 4 members (excludes halogenated alkanes) is 1. The van der Waals surface area contributed by atoms with Crippen molar-refractivity contribution in [2.75, 3.05) is 0 Å². The standard InChI is InChI=1S/C12H22N2O/c1-4-7-9-14-12(15)10(6-3)11(13-14)8-5-2/h15H,4-9H2,1-3H3. The van der Waals surface area contributed by atoms with Gasteiger partial charge in [0.1, 0.15) is 0 Å². The van der Waals surface area contributed by atoms with Gasteiger partial charge in [0, 0.05) is 12.1 Å². The van der Waals surface area contributed by atoms with Crippen LogP contribution >= 0.6 is 0 Å². The third kappa shape index (κ3) is 2.74. The summed E-state index contributed by atoms with van der Waals surface area (Å²) in [6.07, 6.45) is 5.12. The third-order valence-corrected chi connectivity index (χ3v) is 2.67. The summed E-state index contributed by atoms with van der Waals surface area (Å²) in [5.74, 6) is 0.384. The van der Waals surface area contributed by atoms with Gasteiger partial charge in [0.15, 0.2) is 0 Å². The van der Waals surface area contributed by atoms with E-state index < -0.39 is 0 Å². The minimum atomic E-state index is 0.384. The fourth-order valence-corrected chi connectivity index (χ4v) is 1.80. The topological polar surface area (TPSA) is 38.0 Å². The minimum absolute atomic E-state index is 0.384. The molecule has 0 aliphatic heterocycles. The number of aryl methyl sites for hydroxylation is 2. The van der Waals surface area contributed by atoms with E-state index in [1.165, 1.54) is 0 Å². The number of aromatic nitrogens is 2. The van der Waals surface area contributed by atoms with E-state index >= 15 is 0 Å². The average Bonchev–Trinajstić information content (AvgIpc) is 2.52. The number of rotatable bonds is 6. The first-order chi connectivity index (χ1) is 7.24. The second kappa shape index (κ2) is 5.79. The Morgan fingerprint density at radius 3 is 2.47 bits per heavy atom. The maximum atomic E-state index is 9.96. The van der Waals surface area contributed by atoms with Crippen molar-refractivity contribution in [3.8, 4) is 5.88 Å². The molecule has 0 aliphatic carbocycles. The molecule has 0 fully saturated rings. The molecule has 1 N–H and O–H groups in total. The molecule has 0 unspecified atom stereocenters. The van der Waals surface area contributed by atoms with Crippen LogP contribution in [0.1, 0.15) is 51.3 Å². The van der Waals surface area contributed by atoms with E-state index in [9.17, 15) is 5.11 Å². The Morgan fingerprint density at radius 2 is 1.93 bits per heavy atom. The molecule has 0 atom stereocenters. The van der Waals surface area contributed by atoms with E-state index in [0.29, 0.717) is 5.88 Å². The highest BCUT2D eigenvalue weighted by Gasteiger charge is 2.14. The molecule has 0 aliphatic rings. The predicted octanol–water partition coefficient (Wildman–Crippen LogP) is 2.90. The van der Waals surface area contributed by atoms with Crippen molar-refractivity contribution in [2.24, 2.45) is 0 Å². The van der Waals surface area contributed by atoms with Crippen molar-refractivity contribution >= 4 is 0 Å². The molecular weight excluding hydrogens is 188 g/mol. The molecular formula is C12H22N2O. The summed E-state index contributed by atoms with van der Waals surface area (Å²) in [5, 5.41) is 14.4. The van der Waals surface area contributed by atoms with Crippen molar-refractivity contribution in [3.05, 3.63) is 11.3 Å². The van der Waals surface area contributed by atoms with E-state index in [-0.39, 0.29) is 0 Å². The summed E-state index contributed by atoms with van der Waals surface area (Å²) in [7, 11) is 0. The van der Waals surface area contributed by atoms with Crippen LogP contribution in [0.3, 0.4) is 0 Å². The van der Waals surface area contributed by atoms with E-state index in [1.807, 2.05) is 0 Å².